The Hall–Kier alpha value is -4.45. The molecule has 0 rings (SSSR count). The number of allylic oxidation sites excluding steroid dienone is 22. The normalized spacial score (nSPS) is 13.0. The van der Waals surface area contributed by atoms with Gasteiger partial charge in [0.15, 0.2) is 6.10 Å². The summed E-state index contributed by atoms with van der Waals surface area (Å²) in [7, 11) is 0. The van der Waals surface area contributed by atoms with E-state index in [0.29, 0.717) is 19.3 Å². The summed E-state index contributed by atoms with van der Waals surface area (Å²) in [6.45, 7) is 6.46. The highest BCUT2D eigenvalue weighted by atomic mass is 16.6. The molecule has 0 heterocycles. The number of unbranched alkanes of at least 4 members (excludes halogenated alkanes) is 28. The maximum atomic E-state index is 12.9. The summed E-state index contributed by atoms with van der Waals surface area (Å²) in [5, 5.41) is 0. The molecule has 0 bridgehead atoms. The topological polar surface area (TPSA) is 78.9 Å². The second-order valence-electron chi connectivity index (χ2n) is 22.3. The molecule has 0 aliphatic heterocycles. The summed E-state index contributed by atoms with van der Waals surface area (Å²) in [6, 6.07) is 0. The molecule has 0 fully saturated rings. The van der Waals surface area contributed by atoms with Crippen molar-refractivity contribution in [3.05, 3.63) is 134 Å². The van der Waals surface area contributed by atoms with E-state index in [4.69, 9.17) is 14.2 Å². The minimum absolute atomic E-state index is 0.0897. The molecular formula is C76H126O6. The number of hydrogen-bond donors (Lipinski definition) is 0. The van der Waals surface area contributed by atoms with Crippen LogP contribution >= 0.6 is 0 Å². The largest absolute Gasteiger partial charge is 0.462 e. The second kappa shape index (κ2) is 69.0. The van der Waals surface area contributed by atoms with Gasteiger partial charge < -0.3 is 14.2 Å². The van der Waals surface area contributed by atoms with E-state index in [1.54, 1.807) is 0 Å². The van der Waals surface area contributed by atoms with Crippen LogP contribution in [0.15, 0.2) is 134 Å². The Kier molecular flexibility index (Phi) is 65.3. The summed E-state index contributed by atoms with van der Waals surface area (Å²) in [6.07, 6.45) is 97.4. The molecule has 0 aromatic rings. The number of rotatable bonds is 61. The number of carbonyl (C=O) groups excluding carboxylic acids is 3. The van der Waals surface area contributed by atoms with Gasteiger partial charge in [0.2, 0.25) is 0 Å². The summed E-state index contributed by atoms with van der Waals surface area (Å²) in [5.74, 6) is -0.907. The molecular weight excluding hydrogens is 1010 g/mol. The van der Waals surface area contributed by atoms with Crippen LogP contribution in [0.4, 0.5) is 0 Å². The van der Waals surface area contributed by atoms with E-state index in [1.807, 2.05) is 0 Å². The van der Waals surface area contributed by atoms with Gasteiger partial charge in [0.1, 0.15) is 13.2 Å². The van der Waals surface area contributed by atoms with Crippen LogP contribution in [0.2, 0.25) is 0 Å². The third-order valence-electron chi connectivity index (χ3n) is 14.4. The Morgan fingerprint density at radius 1 is 0.256 bits per heavy atom. The number of hydrogen-bond acceptors (Lipinski definition) is 6. The van der Waals surface area contributed by atoms with Gasteiger partial charge in [-0.25, -0.2) is 0 Å². The van der Waals surface area contributed by atoms with Gasteiger partial charge in [0.05, 0.1) is 0 Å². The van der Waals surface area contributed by atoms with Crippen molar-refractivity contribution in [3.8, 4) is 0 Å². The van der Waals surface area contributed by atoms with E-state index in [-0.39, 0.29) is 31.1 Å². The molecule has 0 aromatic heterocycles. The first kappa shape index (κ1) is 77.5. The van der Waals surface area contributed by atoms with Crippen LogP contribution in [-0.2, 0) is 28.6 Å². The van der Waals surface area contributed by atoms with Crippen molar-refractivity contribution >= 4 is 17.9 Å². The molecule has 1 unspecified atom stereocenters. The van der Waals surface area contributed by atoms with Crippen molar-refractivity contribution in [1.29, 1.82) is 0 Å². The monoisotopic (exact) mass is 1130 g/mol. The van der Waals surface area contributed by atoms with E-state index in [1.165, 1.54) is 128 Å². The maximum absolute atomic E-state index is 12.9. The lowest BCUT2D eigenvalue weighted by Gasteiger charge is -2.18. The summed E-state index contributed by atoms with van der Waals surface area (Å²) >= 11 is 0. The summed E-state index contributed by atoms with van der Waals surface area (Å²) in [4.78, 5) is 38.4. The molecule has 1 atom stereocenters. The molecule has 0 N–H and O–H groups in total. The van der Waals surface area contributed by atoms with Gasteiger partial charge >= 0.3 is 17.9 Å². The molecule has 82 heavy (non-hydrogen) atoms. The van der Waals surface area contributed by atoms with Gasteiger partial charge in [-0.1, -0.05) is 289 Å². The molecule has 466 valence electrons. The van der Waals surface area contributed by atoms with Crippen molar-refractivity contribution in [2.24, 2.45) is 0 Å². The lowest BCUT2D eigenvalue weighted by atomic mass is 10.1. The first-order chi connectivity index (χ1) is 40.5. The zero-order valence-electron chi connectivity index (χ0n) is 53.5. The van der Waals surface area contributed by atoms with Crippen molar-refractivity contribution in [2.45, 2.75) is 316 Å². The Balaban J connectivity index is 4.33. The van der Waals surface area contributed by atoms with Crippen molar-refractivity contribution in [3.63, 3.8) is 0 Å². The Labute approximate surface area is 506 Å². The minimum atomic E-state index is -0.794. The minimum Gasteiger partial charge on any atom is -0.462 e. The van der Waals surface area contributed by atoms with Crippen molar-refractivity contribution in [2.75, 3.05) is 13.2 Å². The molecule has 0 amide bonds. The third-order valence-corrected chi connectivity index (χ3v) is 14.4. The average Bonchev–Trinajstić information content (AvgIpc) is 3.47. The lowest BCUT2D eigenvalue weighted by Crippen LogP contribution is -2.30. The van der Waals surface area contributed by atoms with E-state index in [2.05, 4.69) is 154 Å². The first-order valence-corrected chi connectivity index (χ1v) is 34.2. The van der Waals surface area contributed by atoms with Crippen LogP contribution in [-0.4, -0.2) is 37.2 Å². The number of esters is 3. The summed E-state index contributed by atoms with van der Waals surface area (Å²) in [5.41, 5.74) is 0. The predicted molar refractivity (Wildman–Crippen MR) is 357 cm³/mol. The lowest BCUT2D eigenvalue weighted by molar-refractivity contribution is -0.167. The molecule has 6 nitrogen and oxygen atoms in total. The Morgan fingerprint density at radius 3 is 0.780 bits per heavy atom. The van der Waals surface area contributed by atoms with Gasteiger partial charge in [0, 0.05) is 19.3 Å². The standard InChI is InChI=1S/C76H126O6/c1-4-7-10-13-16-19-22-25-28-30-32-33-34-35-36-37-38-39-40-41-42-43-45-46-48-51-54-57-60-63-66-69-75(78)81-72-73(71-80-74(77)68-65-62-59-56-53-50-27-24-21-18-15-12-9-6-3)82-76(79)70-67-64-61-58-55-52-49-47-44-31-29-26-23-20-17-14-11-8-5-2/h7,10,15-20,24-29,32-33,35-36,38-39,41-42,73H,4-6,8-9,11-14,21-23,30-31,34,37,40,43-72H2,1-3H3/b10-7-,18-15-,19-16-,20-17-,27-24-,28-25-,29-26-,33-32-,36-35-,39-38-,42-41-. The predicted octanol–water partition coefficient (Wildman–Crippen LogP) is 23.7. The fourth-order valence-electron chi connectivity index (χ4n) is 9.24. The Bertz CT molecular complexity index is 1730. The molecule has 0 spiro atoms. The zero-order chi connectivity index (χ0) is 59.2. The fourth-order valence-corrected chi connectivity index (χ4v) is 9.24. The number of carbonyl (C=O) groups is 3. The molecule has 0 saturated carbocycles. The quantitative estimate of drug-likeness (QED) is 0.0261. The highest BCUT2D eigenvalue weighted by Crippen LogP contribution is 2.16. The highest BCUT2D eigenvalue weighted by molar-refractivity contribution is 5.71. The zero-order valence-corrected chi connectivity index (χ0v) is 53.5. The number of ether oxygens (including phenoxy) is 3. The van der Waals surface area contributed by atoms with Gasteiger partial charge in [-0.15, -0.1) is 0 Å². The average molecular weight is 1140 g/mol. The van der Waals surface area contributed by atoms with E-state index >= 15 is 0 Å². The fraction of sp³-hybridized carbons (Fsp3) is 0.671. The van der Waals surface area contributed by atoms with Crippen LogP contribution in [0.1, 0.15) is 310 Å². The molecule has 0 aliphatic carbocycles. The van der Waals surface area contributed by atoms with E-state index in [0.717, 1.165) is 141 Å². The van der Waals surface area contributed by atoms with Gasteiger partial charge in [-0.2, -0.15) is 0 Å². The Morgan fingerprint density at radius 2 is 0.488 bits per heavy atom. The molecule has 0 radical (unpaired) electrons. The van der Waals surface area contributed by atoms with E-state index < -0.39 is 6.10 Å². The molecule has 6 heteroatoms. The smallest absolute Gasteiger partial charge is 0.306 e. The van der Waals surface area contributed by atoms with E-state index in [9.17, 15) is 14.4 Å². The van der Waals surface area contributed by atoms with Crippen LogP contribution in [0.5, 0.6) is 0 Å². The van der Waals surface area contributed by atoms with Crippen LogP contribution in [0, 0.1) is 0 Å². The highest BCUT2D eigenvalue weighted by Gasteiger charge is 2.19. The summed E-state index contributed by atoms with van der Waals surface area (Å²) < 4.78 is 16.9. The SMILES string of the molecule is CC/C=C\C/C=C\C/C=C\C/C=C\C/C=C\C/C=C\C/C=C\CCCCCCCCCCCC(=O)OCC(COC(=O)CCCCCCC/C=C\C/C=C\CCCC)OC(=O)CCCCCCCCCCC/C=C\C/C=C\CCCCC. The third kappa shape index (κ3) is 66.4. The van der Waals surface area contributed by atoms with Gasteiger partial charge in [-0.3, -0.25) is 14.4 Å². The second-order valence-corrected chi connectivity index (χ2v) is 22.3. The van der Waals surface area contributed by atoms with Gasteiger partial charge in [0.25, 0.3) is 0 Å². The van der Waals surface area contributed by atoms with Gasteiger partial charge in [-0.05, 0) is 135 Å². The molecule has 0 aromatic carbocycles. The molecule has 0 aliphatic rings. The molecule has 0 saturated heterocycles. The maximum Gasteiger partial charge on any atom is 0.306 e. The van der Waals surface area contributed by atoms with Crippen LogP contribution in [0.3, 0.4) is 0 Å². The van der Waals surface area contributed by atoms with Crippen molar-refractivity contribution in [1.82, 2.24) is 0 Å². The van der Waals surface area contributed by atoms with Crippen LogP contribution < -0.4 is 0 Å². The van der Waals surface area contributed by atoms with Crippen LogP contribution in [0.25, 0.3) is 0 Å². The van der Waals surface area contributed by atoms with Crippen molar-refractivity contribution < 1.29 is 28.6 Å². The first-order valence-electron chi connectivity index (χ1n) is 34.2.